The van der Waals surface area contributed by atoms with Gasteiger partial charge < -0.3 is 15.0 Å². The number of nitrogens with two attached hydrogens (primary N) is 1. The van der Waals surface area contributed by atoms with E-state index in [4.69, 9.17) is 15.0 Å². The van der Waals surface area contributed by atoms with E-state index < -0.39 is 0 Å². The number of ether oxygens (including phenoxy) is 1. The van der Waals surface area contributed by atoms with Crippen molar-refractivity contribution in [3.05, 3.63) is 28.1 Å². The van der Waals surface area contributed by atoms with Gasteiger partial charge in [0, 0.05) is 10.9 Å². The van der Waals surface area contributed by atoms with E-state index in [1.165, 1.54) is 11.3 Å². The van der Waals surface area contributed by atoms with Crippen LogP contribution in [0, 0.1) is 0 Å². The smallest absolute Gasteiger partial charge is 0.277 e. The molecule has 0 aliphatic carbocycles. The largest absolute Gasteiger partial charge is 0.496 e. The van der Waals surface area contributed by atoms with Gasteiger partial charge in [-0.3, -0.25) is 0 Å². The van der Waals surface area contributed by atoms with Gasteiger partial charge in [-0.15, -0.1) is 11.3 Å². The van der Waals surface area contributed by atoms with Crippen LogP contribution in [-0.4, -0.2) is 22.2 Å². The quantitative estimate of drug-likeness (QED) is 0.778. The molecule has 0 unspecified atom stereocenters. The average molecular weight is 353 g/mol. The highest BCUT2D eigenvalue weighted by molar-refractivity contribution is 9.10. The Balaban J connectivity index is 1.95. The molecule has 3 aromatic rings. The van der Waals surface area contributed by atoms with Crippen molar-refractivity contribution in [3.63, 3.8) is 0 Å². The Morgan fingerprint density at radius 1 is 1.35 bits per heavy atom. The highest BCUT2D eigenvalue weighted by Crippen LogP contribution is 2.30. The average Bonchev–Trinajstić information content (AvgIpc) is 3.07. The maximum atomic E-state index is 5.58. The Bertz CT molecular complexity index is 756. The number of hydrogen-bond donors (Lipinski definition) is 1. The van der Waals surface area contributed by atoms with E-state index in [0.717, 1.165) is 15.8 Å². The lowest BCUT2D eigenvalue weighted by Gasteiger charge is -2.03. The molecule has 0 saturated carbocycles. The van der Waals surface area contributed by atoms with Crippen LogP contribution in [0.2, 0.25) is 0 Å². The molecule has 20 heavy (non-hydrogen) atoms. The normalized spacial score (nSPS) is 10.7. The third-order valence-corrected chi connectivity index (χ3v) is 3.87. The standard InChI is InChI=1S/C12H9BrN4O2S/c1-18-9-3-2-6(4-7(9)13)10-16-11(19-17-10)8-5-20-12(14)15-8/h2-5H,1H3,(H2,14,15). The molecule has 2 heterocycles. The van der Waals surface area contributed by atoms with Crippen LogP contribution in [0.15, 0.2) is 32.6 Å². The number of rotatable bonds is 3. The Morgan fingerprint density at radius 2 is 2.20 bits per heavy atom. The molecule has 2 aromatic heterocycles. The van der Waals surface area contributed by atoms with Crippen LogP contribution < -0.4 is 10.5 Å². The Morgan fingerprint density at radius 3 is 2.85 bits per heavy atom. The Labute approximate surface area is 126 Å². The van der Waals surface area contributed by atoms with Crippen molar-refractivity contribution in [1.82, 2.24) is 15.1 Å². The van der Waals surface area contributed by atoms with Crippen molar-refractivity contribution >= 4 is 32.4 Å². The molecule has 0 spiro atoms. The summed E-state index contributed by atoms with van der Waals surface area (Å²) in [6.07, 6.45) is 0. The monoisotopic (exact) mass is 352 g/mol. The summed E-state index contributed by atoms with van der Waals surface area (Å²) in [4.78, 5) is 8.41. The number of halogens is 1. The van der Waals surface area contributed by atoms with E-state index in [0.29, 0.717) is 22.5 Å². The zero-order valence-corrected chi connectivity index (χ0v) is 12.7. The van der Waals surface area contributed by atoms with Crippen molar-refractivity contribution in [2.24, 2.45) is 0 Å². The van der Waals surface area contributed by atoms with Gasteiger partial charge in [0.25, 0.3) is 5.89 Å². The molecular formula is C12H9BrN4O2S. The molecule has 0 atom stereocenters. The predicted octanol–water partition coefficient (Wildman–Crippen LogP) is 3.21. The molecule has 8 heteroatoms. The molecule has 0 bridgehead atoms. The Kier molecular flexibility index (Phi) is 3.41. The SMILES string of the molecule is COc1ccc(-c2noc(-c3csc(N)n3)n2)cc1Br. The molecule has 0 fully saturated rings. The number of aromatic nitrogens is 3. The van der Waals surface area contributed by atoms with Crippen molar-refractivity contribution in [3.8, 4) is 28.7 Å². The third kappa shape index (κ3) is 2.39. The second-order valence-electron chi connectivity index (χ2n) is 3.84. The first-order chi connectivity index (χ1) is 9.67. The zero-order chi connectivity index (χ0) is 14.1. The van der Waals surface area contributed by atoms with E-state index in [9.17, 15) is 0 Å². The minimum absolute atomic E-state index is 0.347. The molecule has 2 N–H and O–H groups in total. The summed E-state index contributed by atoms with van der Waals surface area (Å²) in [6, 6.07) is 5.55. The summed E-state index contributed by atoms with van der Waals surface area (Å²) in [5.41, 5.74) is 6.98. The summed E-state index contributed by atoms with van der Waals surface area (Å²) in [6.45, 7) is 0. The highest BCUT2D eigenvalue weighted by atomic mass is 79.9. The summed E-state index contributed by atoms with van der Waals surface area (Å²) >= 11 is 4.75. The van der Waals surface area contributed by atoms with E-state index in [2.05, 4.69) is 31.1 Å². The van der Waals surface area contributed by atoms with Crippen LogP contribution in [-0.2, 0) is 0 Å². The lowest BCUT2D eigenvalue weighted by atomic mass is 10.2. The molecule has 102 valence electrons. The second kappa shape index (κ2) is 5.22. The van der Waals surface area contributed by atoms with Crippen LogP contribution >= 0.6 is 27.3 Å². The molecule has 1 aromatic carbocycles. The fourth-order valence-corrected chi connectivity index (χ4v) is 2.71. The topological polar surface area (TPSA) is 87.1 Å². The first kappa shape index (κ1) is 13.1. The molecule has 6 nitrogen and oxygen atoms in total. The number of benzene rings is 1. The van der Waals surface area contributed by atoms with Crippen LogP contribution in [0.1, 0.15) is 0 Å². The van der Waals surface area contributed by atoms with Crippen LogP contribution in [0.3, 0.4) is 0 Å². The van der Waals surface area contributed by atoms with Crippen molar-refractivity contribution in [2.45, 2.75) is 0 Å². The molecule has 0 saturated heterocycles. The number of nitrogens with zero attached hydrogens (tertiary/aromatic N) is 3. The summed E-state index contributed by atoms with van der Waals surface area (Å²) in [5.74, 6) is 1.57. The maximum absolute atomic E-state index is 5.58. The predicted molar refractivity (Wildman–Crippen MR) is 79.5 cm³/mol. The first-order valence-electron chi connectivity index (χ1n) is 5.56. The van der Waals surface area contributed by atoms with Crippen molar-refractivity contribution in [2.75, 3.05) is 12.8 Å². The first-order valence-corrected chi connectivity index (χ1v) is 7.23. The fraction of sp³-hybridized carbons (Fsp3) is 0.0833. The number of anilines is 1. The van der Waals surface area contributed by atoms with Gasteiger partial charge in [-0.1, -0.05) is 5.16 Å². The molecule has 0 aliphatic heterocycles. The lowest BCUT2D eigenvalue weighted by Crippen LogP contribution is -1.86. The van der Waals surface area contributed by atoms with Gasteiger partial charge in [-0.05, 0) is 34.1 Å². The molecular weight excluding hydrogens is 344 g/mol. The summed E-state index contributed by atoms with van der Waals surface area (Å²) in [5, 5.41) is 6.18. The van der Waals surface area contributed by atoms with Gasteiger partial charge in [-0.2, -0.15) is 4.98 Å². The maximum Gasteiger partial charge on any atom is 0.277 e. The van der Waals surface area contributed by atoms with E-state index >= 15 is 0 Å². The van der Waals surface area contributed by atoms with Crippen molar-refractivity contribution in [1.29, 1.82) is 0 Å². The van der Waals surface area contributed by atoms with Crippen LogP contribution in [0.4, 0.5) is 5.13 Å². The number of thiazole rings is 1. The van der Waals surface area contributed by atoms with Gasteiger partial charge in [0.1, 0.15) is 11.4 Å². The molecule has 3 rings (SSSR count). The lowest BCUT2D eigenvalue weighted by molar-refractivity contribution is 0.412. The van der Waals surface area contributed by atoms with E-state index in [1.807, 2.05) is 18.2 Å². The third-order valence-electron chi connectivity index (χ3n) is 2.58. The van der Waals surface area contributed by atoms with Crippen LogP contribution in [0.5, 0.6) is 5.75 Å². The zero-order valence-electron chi connectivity index (χ0n) is 10.3. The van der Waals surface area contributed by atoms with Gasteiger partial charge in [0.05, 0.1) is 11.6 Å². The van der Waals surface area contributed by atoms with E-state index in [-0.39, 0.29) is 0 Å². The summed E-state index contributed by atoms with van der Waals surface area (Å²) in [7, 11) is 1.61. The minimum atomic E-state index is 0.347. The highest BCUT2D eigenvalue weighted by Gasteiger charge is 2.14. The van der Waals surface area contributed by atoms with Crippen LogP contribution in [0.25, 0.3) is 23.0 Å². The molecule has 0 radical (unpaired) electrons. The molecule has 0 aliphatic rings. The number of methoxy groups -OCH3 is 1. The van der Waals surface area contributed by atoms with Gasteiger partial charge in [-0.25, -0.2) is 4.98 Å². The number of nitrogen functional groups attached to an aromatic ring is 1. The number of hydrogen-bond acceptors (Lipinski definition) is 7. The van der Waals surface area contributed by atoms with Gasteiger partial charge >= 0.3 is 0 Å². The molecule has 0 amide bonds. The van der Waals surface area contributed by atoms with Gasteiger partial charge in [0.2, 0.25) is 5.82 Å². The van der Waals surface area contributed by atoms with E-state index in [1.54, 1.807) is 12.5 Å². The fourth-order valence-electron chi connectivity index (χ4n) is 1.64. The van der Waals surface area contributed by atoms with Gasteiger partial charge in [0.15, 0.2) is 5.13 Å². The minimum Gasteiger partial charge on any atom is -0.496 e. The summed E-state index contributed by atoms with van der Waals surface area (Å²) < 4.78 is 11.2. The second-order valence-corrected chi connectivity index (χ2v) is 5.59. The Hall–Kier alpha value is -1.93. The van der Waals surface area contributed by atoms with Crippen molar-refractivity contribution < 1.29 is 9.26 Å².